The standard InChI is InChI=1S/C19H16O5/c1-19(2)23-17(21)16(18(22)24-19)11-12-4-3-5-14(10-12)13-6-8-15(20)9-7-13/h3-11,20H,1-2H3. The zero-order valence-corrected chi connectivity index (χ0v) is 13.3. The molecule has 1 fully saturated rings. The minimum absolute atomic E-state index is 0.141. The predicted molar refractivity (Wildman–Crippen MR) is 87.8 cm³/mol. The van der Waals surface area contributed by atoms with E-state index in [9.17, 15) is 14.7 Å². The summed E-state index contributed by atoms with van der Waals surface area (Å²) < 4.78 is 10.2. The van der Waals surface area contributed by atoms with Crippen molar-refractivity contribution in [1.29, 1.82) is 0 Å². The first-order chi connectivity index (χ1) is 11.3. The molecule has 1 saturated heterocycles. The van der Waals surface area contributed by atoms with Crippen molar-refractivity contribution < 1.29 is 24.2 Å². The maximum atomic E-state index is 12.0. The lowest BCUT2D eigenvalue weighted by Crippen LogP contribution is -2.41. The summed E-state index contributed by atoms with van der Waals surface area (Å²) in [6.07, 6.45) is 1.45. The Kier molecular flexibility index (Phi) is 3.85. The Labute approximate surface area is 139 Å². The van der Waals surface area contributed by atoms with Crippen molar-refractivity contribution >= 4 is 18.0 Å². The van der Waals surface area contributed by atoms with Crippen LogP contribution < -0.4 is 0 Å². The summed E-state index contributed by atoms with van der Waals surface area (Å²) in [4.78, 5) is 24.0. The van der Waals surface area contributed by atoms with Crippen LogP contribution in [-0.2, 0) is 19.1 Å². The number of phenolic OH excluding ortho intramolecular Hbond substituents is 1. The Morgan fingerprint density at radius 1 is 0.917 bits per heavy atom. The molecule has 0 saturated carbocycles. The fourth-order valence-electron chi connectivity index (χ4n) is 2.41. The average molecular weight is 324 g/mol. The zero-order chi connectivity index (χ0) is 17.3. The number of phenols is 1. The van der Waals surface area contributed by atoms with Gasteiger partial charge in [-0.25, -0.2) is 9.59 Å². The van der Waals surface area contributed by atoms with Crippen LogP contribution in [0.4, 0.5) is 0 Å². The largest absolute Gasteiger partial charge is 0.508 e. The first kappa shape index (κ1) is 15.8. The van der Waals surface area contributed by atoms with Crippen LogP contribution in [0, 0.1) is 0 Å². The number of carbonyl (C=O) groups excluding carboxylic acids is 2. The maximum Gasteiger partial charge on any atom is 0.348 e. The van der Waals surface area contributed by atoms with E-state index in [1.54, 1.807) is 30.3 Å². The molecule has 0 spiro atoms. The normalized spacial score (nSPS) is 16.3. The summed E-state index contributed by atoms with van der Waals surface area (Å²) in [6.45, 7) is 3.01. The number of hydrogen-bond donors (Lipinski definition) is 1. The second-order valence-corrected chi connectivity index (χ2v) is 5.91. The van der Waals surface area contributed by atoms with Crippen LogP contribution in [0.15, 0.2) is 54.1 Å². The number of ether oxygens (including phenoxy) is 2. The van der Waals surface area contributed by atoms with E-state index >= 15 is 0 Å². The van der Waals surface area contributed by atoms with E-state index in [0.29, 0.717) is 5.56 Å². The van der Waals surface area contributed by atoms with E-state index in [1.807, 2.05) is 18.2 Å². The van der Waals surface area contributed by atoms with Gasteiger partial charge in [0.1, 0.15) is 11.3 Å². The smallest absolute Gasteiger partial charge is 0.348 e. The van der Waals surface area contributed by atoms with E-state index in [4.69, 9.17) is 9.47 Å². The van der Waals surface area contributed by atoms with Crippen LogP contribution in [0.3, 0.4) is 0 Å². The number of benzene rings is 2. The second kappa shape index (κ2) is 5.85. The molecule has 1 aliphatic heterocycles. The summed E-state index contributed by atoms with van der Waals surface area (Å²) in [6, 6.07) is 14.1. The molecular weight excluding hydrogens is 308 g/mol. The Bertz CT molecular complexity index is 809. The Morgan fingerprint density at radius 2 is 1.54 bits per heavy atom. The van der Waals surface area contributed by atoms with Crippen LogP contribution in [0.25, 0.3) is 17.2 Å². The molecular formula is C19H16O5. The van der Waals surface area contributed by atoms with E-state index in [0.717, 1.165) is 11.1 Å². The molecule has 0 aromatic heterocycles. The molecule has 0 aliphatic carbocycles. The highest BCUT2D eigenvalue weighted by atomic mass is 16.7. The first-order valence-corrected chi connectivity index (χ1v) is 7.42. The van der Waals surface area contributed by atoms with Gasteiger partial charge in [-0.2, -0.15) is 0 Å². The van der Waals surface area contributed by atoms with Gasteiger partial charge in [0.15, 0.2) is 0 Å². The summed E-state index contributed by atoms with van der Waals surface area (Å²) in [5.41, 5.74) is 2.33. The Balaban J connectivity index is 1.93. The van der Waals surface area contributed by atoms with Crippen molar-refractivity contribution in [3.8, 4) is 16.9 Å². The first-order valence-electron chi connectivity index (χ1n) is 7.42. The van der Waals surface area contributed by atoms with Crippen molar-refractivity contribution in [3.63, 3.8) is 0 Å². The SMILES string of the molecule is CC1(C)OC(=O)C(=Cc2cccc(-c3ccc(O)cc3)c2)C(=O)O1. The molecule has 1 aliphatic rings. The molecule has 1 heterocycles. The maximum absolute atomic E-state index is 12.0. The third kappa shape index (κ3) is 3.30. The van der Waals surface area contributed by atoms with Gasteiger partial charge in [-0.05, 0) is 41.0 Å². The molecule has 0 amide bonds. The summed E-state index contributed by atoms with van der Waals surface area (Å²) in [5, 5.41) is 9.36. The average Bonchev–Trinajstić information content (AvgIpc) is 2.51. The van der Waals surface area contributed by atoms with Crippen molar-refractivity contribution in [2.24, 2.45) is 0 Å². The number of cyclic esters (lactones) is 2. The van der Waals surface area contributed by atoms with Gasteiger partial charge in [0.2, 0.25) is 0 Å². The van der Waals surface area contributed by atoms with Crippen molar-refractivity contribution in [2.75, 3.05) is 0 Å². The van der Waals surface area contributed by atoms with E-state index in [2.05, 4.69) is 0 Å². The quantitative estimate of drug-likeness (QED) is 0.521. The summed E-state index contributed by atoms with van der Waals surface area (Å²) in [5.74, 6) is -2.47. The van der Waals surface area contributed by atoms with Gasteiger partial charge in [0, 0.05) is 13.8 Å². The Hall–Kier alpha value is -3.08. The molecule has 0 bridgehead atoms. The fraction of sp³-hybridized carbons (Fsp3) is 0.158. The van der Waals surface area contributed by atoms with Gasteiger partial charge in [-0.1, -0.05) is 30.3 Å². The Morgan fingerprint density at radius 3 is 2.17 bits per heavy atom. The van der Waals surface area contributed by atoms with Gasteiger partial charge >= 0.3 is 11.9 Å². The van der Waals surface area contributed by atoms with Gasteiger partial charge in [0.05, 0.1) is 0 Å². The minimum atomic E-state index is -1.25. The minimum Gasteiger partial charge on any atom is -0.508 e. The molecule has 2 aromatic rings. The number of esters is 2. The van der Waals surface area contributed by atoms with E-state index in [1.165, 1.54) is 19.9 Å². The summed E-state index contributed by atoms with van der Waals surface area (Å²) in [7, 11) is 0. The zero-order valence-electron chi connectivity index (χ0n) is 13.3. The summed E-state index contributed by atoms with van der Waals surface area (Å²) >= 11 is 0. The van der Waals surface area contributed by atoms with E-state index < -0.39 is 17.7 Å². The number of carbonyl (C=O) groups is 2. The monoisotopic (exact) mass is 324 g/mol. The van der Waals surface area contributed by atoms with Crippen molar-refractivity contribution in [1.82, 2.24) is 0 Å². The molecule has 3 rings (SSSR count). The van der Waals surface area contributed by atoms with Gasteiger partial charge < -0.3 is 14.6 Å². The van der Waals surface area contributed by atoms with Crippen LogP contribution in [-0.4, -0.2) is 22.8 Å². The van der Waals surface area contributed by atoms with Crippen molar-refractivity contribution in [3.05, 3.63) is 59.7 Å². The highest BCUT2D eigenvalue weighted by Crippen LogP contribution is 2.26. The lowest BCUT2D eigenvalue weighted by atomic mass is 10.0. The van der Waals surface area contributed by atoms with Gasteiger partial charge in [-0.3, -0.25) is 0 Å². The molecule has 122 valence electrons. The molecule has 0 unspecified atom stereocenters. The lowest BCUT2D eigenvalue weighted by Gasteiger charge is -2.29. The van der Waals surface area contributed by atoms with Crippen LogP contribution in [0.1, 0.15) is 19.4 Å². The molecule has 1 N–H and O–H groups in total. The third-order valence-corrected chi connectivity index (χ3v) is 3.52. The predicted octanol–water partition coefficient (Wildman–Crippen LogP) is 3.28. The second-order valence-electron chi connectivity index (χ2n) is 5.91. The highest BCUT2D eigenvalue weighted by Gasteiger charge is 2.38. The molecule has 24 heavy (non-hydrogen) atoms. The molecule has 2 aromatic carbocycles. The van der Waals surface area contributed by atoms with Gasteiger partial charge in [-0.15, -0.1) is 0 Å². The van der Waals surface area contributed by atoms with Crippen LogP contribution in [0.2, 0.25) is 0 Å². The molecule has 5 heteroatoms. The highest BCUT2D eigenvalue weighted by molar-refractivity contribution is 6.18. The number of aromatic hydroxyl groups is 1. The topological polar surface area (TPSA) is 72.8 Å². The fourth-order valence-corrected chi connectivity index (χ4v) is 2.41. The number of hydrogen-bond acceptors (Lipinski definition) is 5. The number of rotatable bonds is 2. The molecule has 0 atom stereocenters. The molecule has 0 radical (unpaired) electrons. The van der Waals surface area contributed by atoms with Crippen LogP contribution >= 0.6 is 0 Å². The lowest BCUT2D eigenvalue weighted by molar-refractivity contribution is -0.222. The van der Waals surface area contributed by atoms with Gasteiger partial charge in [0.25, 0.3) is 5.79 Å². The molecule has 5 nitrogen and oxygen atoms in total. The van der Waals surface area contributed by atoms with E-state index in [-0.39, 0.29) is 11.3 Å². The third-order valence-electron chi connectivity index (χ3n) is 3.52. The van der Waals surface area contributed by atoms with Crippen LogP contribution in [0.5, 0.6) is 5.75 Å². The van der Waals surface area contributed by atoms with Crippen molar-refractivity contribution in [2.45, 2.75) is 19.6 Å².